The third kappa shape index (κ3) is 7.70. The first-order chi connectivity index (χ1) is 17.7. The van der Waals surface area contributed by atoms with Gasteiger partial charge in [0.05, 0.1) is 10.4 Å². The van der Waals surface area contributed by atoms with Gasteiger partial charge in [-0.15, -0.1) is 24.2 Å². The van der Waals surface area contributed by atoms with Crippen LogP contribution in [0.4, 0.5) is 0 Å². The molecule has 0 saturated carbocycles. The molecular weight excluding hydrogens is 474 g/mol. The largest absolute Gasteiger partial charge is 0.399 e. The zero-order valence-electron chi connectivity index (χ0n) is 22.4. The van der Waals surface area contributed by atoms with Gasteiger partial charge in [-0.2, -0.15) is 0 Å². The summed E-state index contributed by atoms with van der Waals surface area (Å²) in [5.41, 5.74) is 13.6. The Morgan fingerprint density at radius 2 is 1.92 bits per heavy atom. The molecule has 0 aliphatic rings. The van der Waals surface area contributed by atoms with Crippen LogP contribution in [0.5, 0.6) is 0 Å². The van der Waals surface area contributed by atoms with Crippen molar-refractivity contribution in [3.8, 4) is 23.4 Å². The van der Waals surface area contributed by atoms with Crippen LogP contribution in [-0.2, 0) is 6.42 Å². The van der Waals surface area contributed by atoms with E-state index in [0.29, 0.717) is 18.2 Å². The van der Waals surface area contributed by atoms with Crippen molar-refractivity contribution in [2.24, 2.45) is 5.73 Å². The van der Waals surface area contributed by atoms with Crippen LogP contribution in [0.2, 0.25) is 0 Å². The summed E-state index contributed by atoms with van der Waals surface area (Å²) < 4.78 is 0. The SMILES string of the molecule is C#C.C=C/C(=C\C(=C/C)C(=C)/C=C(Cc1nc2c(-c3ccc(C)s3)nccc2[nH]1)\C(N)=C/C)NC(C)C. The molecule has 0 aliphatic carbocycles. The summed E-state index contributed by atoms with van der Waals surface area (Å²) in [5, 5.41) is 3.40. The zero-order chi connectivity index (χ0) is 27.5. The van der Waals surface area contributed by atoms with Gasteiger partial charge in [-0.05, 0) is 87.8 Å². The molecule has 3 rings (SSSR count). The standard InChI is InChI=1S/C29H35N5S.C2H2/c1-8-21(16-23(9-2)32-18(4)5)19(6)15-22(24(30)10-3)17-27-33-25-13-14-31-29(28(25)34-27)26-12-11-20(7)35-26;1-2/h8-16,18,32H,2,6,17,30H2,1,3-5,7H3,(H,33,34);1-2H/b21-8+,22-15-,23-16+,24-10+;. The predicted molar refractivity (Wildman–Crippen MR) is 161 cm³/mol. The fourth-order valence-electron chi connectivity index (χ4n) is 3.73. The van der Waals surface area contributed by atoms with Gasteiger partial charge in [0.2, 0.25) is 0 Å². The van der Waals surface area contributed by atoms with Gasteiger partial charge in [-0.25, -0.2) is 4.98 Å². The number of rotatable bonds is 10. The first-order valence-electron chi connectivity index (χ1n) is 12.1. The predicted octanol–water partition coefficient (Wildman–Crippen LogP) is 7.15. The molecule has 0 amide bonds. The summed E-state index contributed by atoms with van der Waals surface area (Å²) in [7, 11) is 0. The normalized spacial score (nSPS) is 12.9. The first kappa shape index (κ1) is 29.2. The van der Waals surface area contributed by atoms with Crippen LogP contribution in [0.1, 0.15) is 38.4 Å². The molecule has 3 aromatic rings. The van der Waals surface area contributed by atoms with Crippen LogP contribution in [-0.4, -0.2) is 21.0 Å². The summed E-state index contributed by atoms with van der Waals surface area (Å²) in [5.74, 6) is 0.831. The van der Waals surface area contributed by atoms with Crippen molar-refractivity contribution in [3.05, 3.63) is 107 Å². The number of aromatic amines is 1. The highest BCUT2D eigenvalue weighted by Gasteiger charge is 2.14. The van der Waals surface area contributed by atoms with E-state index in [1.807, 2.05) is 50.4 Å². The number of hydrogen-bond acceptors (Lipinski definition) is 5. The van der Waals surface area contributed by atoms with E-state index in [1.54, 1.807) is 11.3 Å². The molecule has 0 aliphatic heterocycles. The fourth-order valence-corrected chi connectivity index (χ4v) is 4.59. The van der Waals surface area contributed by atoms with Gasteiger partial charge in [0.1, 0.15) is 17.0 Å². The maximum Gasteiger partial charge on any atom is 0.116 e. The van der Waals surface area contributed by atoms with Crippen LogP contribution < -0.4 is 11.1 Å². The third-order valence-electron chi connectivity index (χ3n) is 5.48. The molecule has 192 valence electrons. The third-order valence-corrected chi connectivity index (χ3v) is 6.49. The molecule has 6 heteroatoms. The molecule has 5 nitrogen and oxygen atoms in total. The number of nitrogens with zero attached hydrogens (tertiary/aromatic N) is 2. The Hall–Kier alpha value is -4.08. The summed E-state index contributed by atoms with van der Waals surface area (Å²) in [6.07, 6.45) is 20.2. The topological polar surface area (TPSA) is 79.6 Å². The van der Waals surface area contributed by atoms with Crippen molar-refractivity contribution in [3.63, 3.8) is 0 Å². The second-order valence-electron chi connectivity index (χ2n) is 8.61. The second kappa shape index (κ2) is 13.9. The number of H-pyrrole nitrogens is 1. The molecule has 0 aromatic carbocycles. The molecule has 37 heavy (non-hydrogen) atoms. The number of allylic oxidation sites excluding steroid dienone is 8. The lowest BCUT2D eigenvalue weighted by Gasteiger charge is -2.13. The Balaban J connectivity index is 0.00000235. The summed E-state index contributed by atoms with van der Waals surface area (Å²) in [4.78, 5) is 15.3. The molecule has 3 aromatic heterocycles. The van der Waals surface area contributed by atoms with E-state index in [9.17, 15) is 0 Å². The number of terminal acetylenes is 1. The lowest BCUT2D eigenvalue weighted by molar-refractivity contribution is 0.681. The van der Waals surface area contributed by atoms with Gasteiger partial charge >= 0.3 is 0 Å². The number of thiophene rings is 1. The number of imidazole rings is 1. The second-order valence-corrected chi connectivity index (χ2v) is 9.90. The van der Waals surface area contributed by atoms with Crippen molar-refractivity contribution < 1.29 is 0 Å². The smallest absolute Gasteiger partial charge is 0.116 e. The molecule has 0 fully saturated rings. The molecule has 3 heterocycles. The maximum absolute atomic E-state index is 6.40. The van der Waals surface area contributed by atoms with E-state index >= 15 is 0 Å². The maximum atomic E-state index is 6.40. The lowest BCUT2D eigenvalue weighted by atomic mass is 9.99. The van der Waals surface area contributed by atoms with Crippen molar-refractivity contribution in [1.29, 1.82) is 0 Å². The zero-order valence-corrected chi connectivity index (χ0v) is 23.2. The minimum Gasteiger partial charge on any atom is -0.399 e. The number of nitrogens with two attached hydrogens (primary N) is 1. The number of aromatic nitrogens is 3. The minimum atomic E-state index is 0.306. The Morgan fingerprint density at radius 1 is 1.19 bits per heavy atom. The lowest BCUT2D eigenvalue weighted by Crippen LogP contribution is -2.20. The van der Waals surface area contributed by atoms with Crippen molar-refractivity contribution in [1.82, 2.24) is 20.3 Å². The van der Waals surface area contributed by atoms with Crippen molar-refractivity contribution in [2.45, 2.75) is 47.1 Å². The van der Waals surface area contributed by atoms with Crippen LogP contribution in [0.15, 0.2) is 96.0 Å². The van der Waals surface area contributed by atoms with Gasteiger partial charge in [-0.1, -0.05) is 25.3 Å². The van der Waals surface area contributed by atoms with E-state index in [4.69, 9.17) is 10.7 Å². The Morgan fingerprint density at radius 3 is 2.49 bits per heavy atom. The van der Waals surface area contributed by atoms with Gasteiger partial charge in [-0.3, -0.25) is 4.98 Å². The van der Waals surface area contributed by atoms with Crippen molar-refractivity contribution in [2.75, 3.05) is 0 Å². The number of pyridine rings is 1. The van der Waals surface area contributed by atoms with E-state index in [2.05, 4.69) is 80.3 Å². The Bertz CT molecular complexity index is 1390. The molecule has 0 bridgehead atoms. The molecule has 4 N–H and O–H groups in total. The number of aryl methyl sites for hydroxylation is 1. The highest BCUT2D eigenvalue weighted by atomic mass is 32.1. The quantitative estimate of drug-likeness (QED) is 0.199. The summed E-state index contributed by atoms with van der Waals surface area (Å²) >= 11 is 1.72. The molecule has 0 radical (unpaired) electrons. The van der Waals surface area contributed by atoms with Gasteiger partial charge in [0.25, 0.3) is 0 Å². The van der Waals surface area contributed by atoms with Crippen molar-refractivity contribution >= 4 is 22.4 Å². The number of hydrogen-bond donors (Lipinski definition) is 3. The van der Waals surface area contributed by atoms with E-state index < -0.39 is 0 Å². The molecule has 0 saturated heterocycles. The highest BCUT2D eigenvalue weighted by molar-refractivity contribution is 7.15. The van der Waals surface area contributed by atoms with Crippen LogP contribution in [0.25, 0.3) is 21.6 Å². The van der Waals surface area contributed by atoms with E-state index in [1.165, 1.54) is 4.88 Å². The molecule has 0 unspecified atom stereocenters. The fraction of sp³-hybridized carbons (Fsp3) is 0.226. The average molecular weight is 512 g/mol. The Kier molecular flexibility index (Phi) is 10.9. The number of fused-ring (bicyclic) bond motifs is 1. The molecule has 0 atom stereocenters. The first-order valence-corrected chi connectivity index (χ1v) is 12.9. The molecular formula is C31H37N5S. The van der Waals surface area contributed by atoms with Gasteiger partial charge in [0.15, 0.2) is 0 Å². The monoisotopic (exact) mass is 511 g/mol. The van der Waals surface area contributed by atoms with Crippen LogP contribution >= 0.6 is 11.3 Å². The van der Waals surface area contributed by atoms with Gasteiger partial charge < -0.3 is 16.0 Å². The van der Waals surface area contributed by atoms with Gasteiger partial charge in [0, 0.05) is 34.9 Å². The van der Waals surface area contributed by atoms with Crippen LogP contribution in [0, 0.1) is 19.8 Å². The summed E-state index contributed by atoms with van der Waals surface area (Å²) in [6.45, 7) is 18.5. The highest BCUT2D eigenvalue weighted by Crippen LogP contribution is 2.31. The minimum absolute atomic E-state index is 0.306. The average Bonchev–Trinajstić information content (AvgIpc) is 3.51. The molecule has 0 spiro atoms. The summed E-state index contributed by atoms with van der Waals surface area (Å²) in [6, 6.07) is 6.47. The van der Waals surface area contributed by atoms with E-state index in [-0.39, 0.29) is 0 Å². The number of nitrogens with one attached hydrogen (secondary N) is 2. The Labute approximate surface area is 225 Å². The van der Waals surface area contributed by atoms with Crippen LogP contribution in [0.3, 0.4) is 0 Å². The van der Waals surface area contributed by atoms with E-state index in [0.717, 1.165) is 49.8 Å².